The number of aryl methyl sites for hydroxylation is 1. The third-order valence-corrected chi connectivity index (χ3v) is 6.18. The lowest BCUT2D eigenvalue weighted by Crippen LogP contribution is -2.29. The summed E-state index contributed by atoms with van der Waals surface area (Å²) in [6.07, 6.45) is 1.84. The molecule has 4 rings (SSSR count). The lowest BCUT2D eigenvalue weighted by molar-refractivity contribution is 0.575. The van der Waals surface area contributed by atoms with Crippen molar-refractivity contribution >= 4 is 40.0 Å². The van der Waals surface area contributed by atoms with E-state index in [2.05, 4.69) is 69.5 Å². The van der Waals surface area contributed by atoms with Crippen LogP contribution in [0.25, 0.3) is 0 Å². The van der Waals surface area contributed by atoms with E-state index in [1.807, 2.05) is 43.8 Å². The van der Waals surface area contributed by atoms with Gasteiger partial charge in [-0.2, -0.15) is 0 Å². The maximum absolute atomic E-state index is 5.75. The zero-order valence-corrected chi connectivity index (χ0v) is 17.2. The molecule has 3 heterocycles. The van der Waals surface area contributed by atoms with Crippen LogP contribution in [0.1, 0.15) is 27.5 Å². The van der Waals surface area contributed by atoms with Crippen LogP contribution in [0.5, 0.6) is 0 Å². The van der Waals surface area contributed by atoms with Crippen molar-refractivity contribution in [2.45, 2.75) is 19.0 Å². The Kier molecular flexibility index (Phi) is 4.85. The highest BCUT2D eigenvalue weighted by Crippen LogP contribution is 2.43. The monoisotopic (exact) mass is 394 g/mol. The summed E-state index contributed by atoms with van der Waals surface area (Å²) >= 11 is 7.56. The van der Waals surface area contributed by atoms with Crippen LogP contribution in [0.15, 0.2) is 60.8 Å². The Labute approximate surface area is 169 Å². The normalized spacial score (nSPS) is 19.2. The Balaban J connectivity index is 1.78. The number of thiophene rings is 1. The van der Waals surface area contributed by atoms with Crippen molar-refractivity contribution in [3.8, 4) is 0 Å². The van der Waals surface area contributed by atoms with E-state index < -0.39 is 0 Å². The lowest BCUT2D eigenvalue weighted by atomic mass is 10.0. The maximum atomic E-state index is 5.75. The highest BCUT2D eigenvalue weighted by Gasteiger charge is 2.41. The molecule has 0 unspecified atom stereocenters. The second-order valence-electron chi connectivity index (χ2n) is 6.86. The molecule has 2 aromatic heterocycles. The quantitative estimate of drug-likeness (QED) is 0.649. The van der Waals surface area contributed by atoms with Crippen molar-refractivity contribution in [1.82, 2.24) is 10.3 Å². The van der Waals surface area contributed by atoms with E-state index in [0.29, 0.717) is 0 Å². The molecule has 1 fully saturated rings. The van der Waals surface area contributed by atoms with Crippen LogP contribution in [0.4, 0.5) is 11.4 Å². The number of rotatable bonds is 4. The first-order chi connectivity index (χ1) is 13.0. The average Bonchev–Trinajstić information content (AvgIpc) is 3.25. The molecule has 4 nitrogen and oxygen atoms in total. The van der Waals surface area contributed by atoms with Crippen LogP contribution < -0.4 is 15.1 Å². The molecule has 2 atom stereocenters. The number of aromatic nitrogens is 1. The first-order valence-electron chi connectivity index (χ1n) is 8.89. The Hall–Kier alpha value is -2.44. The highest BCUT2D eigenvalue weighted by molar-refractivity contribution is 7.80. The van der Waals surface area contributed by atoms with E-state index in [-0.39, 0.29) is 12.1 Å². The first-order valence-corrected chi connectivity index (χ1v) is 10.1. The number of thiocarbonyl (C=S) groups is 1. The molecule has 0 spiro atoms. The Morgan fingerprint density at radius 2 is 1.85 bits per heavy atom. The fourth-order valence-corrected chi connectivity index (χ4v) is 4.80. The molecule has 138 valence electrons. The molecule has 1 aliphatic heterocycles. The van der Waals surface area contributed by atoms with E-state index in [9.17, 15) is 0 Å². The predicted octanol–water partition coefficient (Wildman–Crippen LogP) is 4.69. The van der Waals surface area contributed by atoms with Gasteiger partial charge in [0, 0.05) is 41.4 Å². The van der Waals surface area contributed by atoms with Gasteiger partial charge in [-0.3, -0.25) is 4.98 Å². The van der Waals surface area contributed by atoms with Crippen LogP contribution >= 0.6 is 23.6 Å². The summed E-state index contributed by atoms with van der Waals surface area (Å²) in [5.74, 6) is 0. The fraction of sp³-hybridized carbons (Fsp3) is 0.238. The van der Waals surface area contributed by atoms with Gasteiger partial charge >= 0.3 is 0 Å². The maximum Gasteiger partial charge on any atom is 0.174 e. The second-order valence-corrected chi connectivity index (χ2v) is 8.56. The van der Waals surface area contributed by atoms with Crippen molar-refractivity contribution in [3.63, 3.8) is 0 Å². The van der Waals surface area contributed by atoms with E-state index in [1.54, 1.807) is 0 Å². The Bertz CT molecular complexity index is 934. The first kappa shape index (κ1) is 17.9. The van der Waals surface area contributed by atoms with Crippen molar-refractivity contribution < 1.29 is 0 Å². The minimum Gasteiger partial charge on any atom is -0.378 e. The molecule has 3 aromatic rings. The summed E-state index contributed by atoms with van der Waals surface area (Å²) in [5, 5.41) is 4.24. The largest absolute Gasteiger partial charge is 0.378 e. The molecular weight excluding hydrogens is 372 g/mol. The molecular formula is C21H22N4S2. The molecule has 0 bridgehead atoms. The molecule has 6 heteroatoms. The Morgan fingerprint density at radius 3 is 2.44 bits per heavy atom. The topological polar surface area (TPSA) is 31.4 Å². The van der Waals surface area contributed by atoms with Gasteiger partial charge in [0.05, 0.1) is 17.8 Å². The van der Waals surface area contributed by atoms with E-state index >= 15 is 0 Å². The molecule has 1 saturated heterocycles. The third kappa shape index (κ3) is 3.42. The minimum atomic E-state index is 0.0188. The molecule has 1 N–H and O–H groups in total. The summed E-state index contributed by atoms with van der Waals surface area (Å²) in [6, 6.07) is 19.0. The van der Waals surface area contributed by atoms with Crippen LogP contribution in [0, 0.1) is 6.92 Å². The van der Waals surface area contributed by atoms with E-state index in [0.717, 1.165) is 16.5 Å². The number of nitrogens with one attached hydrogen (secondary N) is 1. The number of hydrogen-bond donors (Lipinski definition) is 1. The zero-order chi connectivity index (χ0) is 19.0. The second kappa shape index (κ2) is 7.29. The van der Waals surface area contributed by atoms with Gasteiger partial charge in [-0.25, -0.2) is 0 Å². The third-order valence-electron chi connectivity index (χ3n) is 4.80. The van der Waals surface area contributed by atoms with Crippen LogP contribution in [-0.2, 0) is 0 Å². The van der Waals surface area contributed by atoms with Crippen molar-refractivity contribution in [1.29, 1.82) is 0 Å². The van der Waals surface area contributed by atoms with Crippen LogP contribution in [0.3, 0.4) is 0 Å². The molecule has 1 aromatic carbocycles. The number of hydrogen-bond acceptors (Lipinski definition) is 4. The summed E-state index contributed by atoms with van der Waals surface area (Å²) < 4.78 is 0. The van der Waals surface area contributed by atoms with Gasteiger partial charge in [-0.1, -0.05) is 6.07 Å². The minimum absolute atomic E-state index is 0.0188. The number of anilines is 2. The number of nitrogens with zero attached hydrogens (tertiary/aromatic N) is 3. The van der Waals surface area contributed by atoms with Crippen LogP contribution in [-0.4, -0.2) is 24.2 Å². The van der Waals surface area contributed by atoms with Crippen molar-refractivity contribution in [2.24, 2.45) is 0 Å². The molecule has 27 heavy (non-hydrogen) atoms. The van der Waals surface area contributed by atoms with E-state index in [1.165, 1.54) is 15.4 Å². The highest BCUT2D eigenvalue weighted by atomic mass is 32.1. The summed E-state index contributed by atoms with van der Waals surface area (Å²) in [7, 11) is 4.09. The smallest absolute Gasteiger partial charge is 0.174 e. The number of pyridine rings is 1. The average molecular weight is 395 g/mol. The zero-order valence-electron chi connectivity index (χ0n) is 15.6. The molecule has 0 saturated carbocycles. The van der Waals surface area contributed by atoms with Crippen LogP contribution in [0.2, 0.25) is 0 Å². The molecule has 0 aliphatic carbocycles. The van der Waals surface area contributed by atoms with Gasteiger partial charge in [0.15, 0.2) is 5.11 Å². The summed E-state index contributed by atoms with van der Waals surface area (Å²) in [4.78, 5) is 11.5. The van der Waals surface area contributed by atoms with Crippen molar-refractivity contribution in [2.75, 3.05) is 23.9 Å². The van der Waals surface area contributed by atoms with Gasteiger partial charge in [-0.15, -0.1) is 11.3 Å². The summed E-state index contributed by atoms with van der Waals surface area (Å²) in [5.41, 5.74) is 3.26. The summed E-state index contributed by atoms with van der Waals surface area (Å²) in [6.45, 7) is 2.14. The molecule has 0 amide bonds. The SMILES string of the molecule is Cc1ccc([C@H]2[C@H](c3ccccn3)NC(=S)N2c2ccc(N(C)C)cc2)s1. The lowest BCUT2D eigenvalue weighted by Gasteiger charge is -2.27. The fourth-order valence-electron chi connectivity index (χ4n) is 3.45. The van der Waals surface area contributed by atoms with E-state index in [4.69, 9.17) is 12.2 Å². The number of benzene rings is 1. The van der Waals surface area contributed by atoms with Gasteiger partial charge in [0.25, 0.3) is 0 Å². The predicted molar refractivity (Wildman–Crippen MR) is 118 cm³/mol. The van der Waals surface area contributed by atoms with Gasteiger partial charge in [0.2, 0.25) is 0 Å². The Morgan fingerprint density at radius 1 is 1.07 bits per heavy atom. The van der Waals surface area contributed by atoms with Gasteiger partial charge in [0.1, 0.15) is 0 Å². The van der Waals surface area contributed by atoms with Gasteiger partial charge < -0.3 is 15.1 Å². The molecule has 1 aliphatic rings. The standard InChI is InChI=1S/C21H22N4S2/c1-14-7-12-18(27-14)20-19(17-6-4-5-13-22-17)23-21(26)25(20)16-10-8-15(9-11-16)24(2)3/h4-13,19-20H,1-3H3,(H,23,26)/t19-,20-/m0/s1. The van der Waals surface area contributed by atoms with Crippen molar-refractivity contribution in [3.05, 3.63) is 76.2 Å². The van der Waals surface area contributed by atoms with Gasteiger partial charge in [-0.05, 0) is 67.7 Å². The molecule has 0 radical (unpaired) electrons.